The molecule has 0 unspecified atom stereocenters. The molecule has 0 saturated heterocycles. The van der Waals surface area contributed by atoms with E-state index in [2.05, 4.69) is 4.98 Å². The van der Waals surface area contributed by atoms with Gasteiger partial charge in [0.1, 0.15) is 3.57 Å². The second-order valence-corrected chi connectivity index (χ2v) is 3.69. The highest BCUT2D eigenvalue weighted by atomic mass is 127. The fourth-order valence-electron chi connectivity index (χ4n) is 0.849. The summed E-state index contributed by atoms with van der Waals surface area (Å²) in [5.74, 6) is -0.440. The van der Waals surface area contributed by atoms with Gasteiger partial charge in [-0.1, -0.05) is 0 Å². The molecular formula is C9H8INO4. The highest BCUT2D eigenvalue weighted by Gasteiger charge is 2.12. The van der Waals surface area contributed by atoms with Crippen LogP contribution >= 0.6 is 22.6 Å². The van der Waals surface area contributed by atoms with E-state index in [0.717, 1.165) is 0 Å². The van der Waals surface area contributed by atoms with Crippen LogP contribution in [0.2, 0.25) is 0 Å². The molecule has 0 fully saturated rings. The van der Waals surface area contributed by atoms with E-state index in [9.17, 15) is 9.59 Å². The van der Waals surface area contributed by atoms with Crippen LogP contribution in [0.3, 0.4) is 0 Å². The van der Waals surface area contributed by atoms with E-state index < -0.39 is 11.9 Å². The normalized spacial score (nSPS) is 9.53. The number of halogens is 1. The summed E-state index contributed by atoms with van der Waals surface area (Å²) in [5.41, 5.74) is 0. The number of aromatic nitrogens is 1. The predicted molar refractivity (Wildman–Crippen MR) is 59.6 cm³/mol. The summed E-state index contributed by atoms with van der Waals surface area (Å²) in [7, 11) is 0. The molecule has 0 spiro atoms. The molecule has 0 N–H and O–H groups in total. The Kier molecular flexibility index (Phi) is 4.01. The number of rotatable bonds is 2. The zero-order valence-electron chi connectivity index (χ0n) is 8.11. The molecular weight excluding hydrogens is 313 g/mol. The van der Waals surface area contributed by atoms with E-state index in [-0.39, 0.29) is 5.88 Å². The molecule has 1 aromatic rings. The lowest BCUT2D eigenvalue weighted by atomic mass is 10.4. The van der Waals surface area contributed by atoms with Crippen molar-refractivity contribution < 1.29 is 19.1 Å². The maximum atomic E-state index is 10.7. The van der Waals surface area contributed by atoms with Crippen molar-refractivity contribution in [3.8, 4) is 11.6 Å². The van der Waals surface area contributed by atoms with Crippen LogP contribution in [0.15, 0.2) is 12.3 Å². The van der Waals surface area contributed by atoms with E-state index in [0.29, 0.717) is 9.32 Å². The molecule has 15 heavy (non-hydrogen) atoms. The van der Waals surface area contributed by atoms with Crippen molar-refractivity contribution in [3.05, 3.63) is 15.8 Å². The van der Waals surface area contributed by atoms with Crippen molar-refractivity contribution in [1.82, 2.24) is 4.98 Å². The molecule has 1 aromatic heterocycles. The summed E-state index contributed by atoms with van der Waals surface area (Å²) < 4.78 is 10.2. The Morgan fingerprint density at radius 1 is 1.27 bits per heavy atom. The van der Waals surface area contributed by atoms with Crippen LogP contribution in [0.4, 0.5) is 0 Å². The largest absolute Gasteiger partial charge is 0.425 e. The van der Waals surface area contributed by atoms with E-state index in [4.69, 9.17) is 9.47 Å². The molecule has 0 radical (unpaired) electrons. The maximum absolute atomic E-state index is 10.7. The molecule has 0 amide bonds. The SMILES string of the molecule is CC(=O)Oc1ccnc(OC(C)=O)c1I. The molecule has 0 aromatic carbocycles. The van der Waals surface area contributed by atoms with Gasteiger partial charge in [0.05, 0.1) is 0 Å². The first kappa shape index (κ1) is 11.9. The summed E-state index contributed by atoms with van der Waals surface area (Å²) in [6.45, 7) is 2.57. The molecule has 0 aliphatic carbocycles. The van der Waals surface area contributed by atoms with Gasteiger partial charge >= 0.3 is 11.9 Å². The molecule has 0 aliphatic heterocycles. The summed E-state index contributed by atoms with van der Waals surface area (Å²) >= 11 is 1.89. The fourth-order valence-corrected chi connectivity index (χ4v) is 1.39. The first-order chi connectivity index (χ1) is 7.00. The highest BCUT2D eigenvalue weighted by molar-refractivity contribution is 14.1. The number of carbonyl (C=O) groups is 2. The maximum Gasteiger partial charge on any atom is 0.309 e. The first-order valence-corrected chi connectivity index (χ1v) is 5.10. The van der Waals surface area contributed by atoms with Gasteiger partial charge in [-0.3, -0.25) is 9.59 Å². The number of ether oxygens (including phenoxy) is 2. The zero-order chi connectivity index (χ0) is 11.4. The molecule has 0 bridgehead atoms. The summed E-state index contributed by atoms with van der Waals surface area (Å²) in [6, 6.07) is 1.52. The quantitative estimate of drug-likeness (QED) is 0.611. The van der Waals surface area contributed by atoms with E-state index in [1.165, 1.54) is 26.1 Å². The Hall–Kier alpha value is -1.18. The molecule has 1 heterocycles. The smallest absolute Gasteiger partial charge is 0.309 e. The second kappa shape index (κ2) is 5.06. The lowest BCUT2D eigenvalue weighted by molar-refractivity contribution is -0.132. The van der Waals surface area contributed by atoms with Gasteiger partial charge in [0, 0.05) is 26.1 Å². The van der Waals surface area contributed by atoms with Gasteiger partial charge in [0.25, 0.3) is 0 Å². The number of nitrogens with zero attached hydrogens (tertiary/aromatic N) is 1. The van der Waals surface area contributed by atoms with Crippen molar-refractivity contribution in [2.45, 2.75) is 13.8 Å². The Morgan fingerprint density at radius 3 is 2.40 bits per heavy atom. The van der Waals surface area contributed by atoms with Gasteiger partial charge in [-0.05, 0) is 22.6 Å². The van der Waals surface area contributed by atoms with E-state index in [1.807, 2.05) is 22.6 Å². The van der Waals surface area contributed by atoms with E-state index >= 15 is 0 Å². The fraction of sp³-hybridized carbons (Fsp3) is 0.222. The third-order valence-electron chi connectivity index (χ3n) is 1.32. The third kappa shape index (κ3) is 3.46. The molecule has 0 atom stereocenters. The number of carbonyl (C=O) groups excluding carboxylic acids is 2. The van der Waals surface area contributed by atoms with Crippen LogP contribution < -0.4 is 9.47 Å². The second-order valence-electron chi connectivity index (χ2n) is 2.62. The van der Waals surface area contributed by atoms with E-state index in [1.54, 1.807) is 0 Å². The molecule has 6 heteroatoms. The monoisotopic (exact) mass is 321 g/mol. The average Bonchev–Trinajstić information content (AvgIpc) is 2.10. The van der Waals surface area contributed by atoms with Crippen molar-refractivity contribution in [2.24, 2.45) is 0 Å². The van der Waals surface area contributed by atoms with Crippen molar-refractivity contribution >= 4 is 34.5 Å². The van der Waals surface area contributed by atoms with Crippen molar-refractivity contribution in [2.75, 3.05) is 0 Å². The minimum absolute atomic E-state index is 0.141. The summed E-state index contributed by atoms with van der Waals surface area (Å²) in [5, 5.41) is 0. The first-order valence-electron chi connectivity index (χ1n) is 4.02. The number of hydrogen-bond donors (Lipinski definition) is 0. The van der Waals surface area contributed by atoms with Crippen LogP contribution in [-0.2, 0) is 9.59 Å². The van der Waals surface area contributed by atoms with Gasteiger partial charge in [0.15, 0.2) is 5.75 Å². The van der Waals surface area contributed by atoms with Crippen LogP contribution in [0.25, 0.3) is 0 Å². The molecule has 5 nitrogen and oxygen atoms in total. The van der Waals surface area contributed by atoms with Gasteiger partial charge < -0.3 is 9.47 Å². The van der Waals surface area contributed by atoms with Gasteiger partial charge in [-0.25, -0.2) is 4.98 Å². The van der Waals surface area contributed by atoms with Crippen LogP contribution in [0.1, 0.15) is 13.8 Å². The zero-order valence-corrected chi connectivity index (χ0v) is 10.3. The third-order valence-corrected chi connectivity index (χ3v) is 2.31. The van der Waals surface area contributed by atoms with Crippen molar-refractivity contribution in [3.63, 3.8) is 0 Å². The molecule has 0 aliphatic rings. The molecule has 0 saturated carbocycles. The Morgan fingerprint density at radius 2 is 1.87 bits per heavy atom. The summed E-state index contributed by atoms with van der Waals surface area (Å²) in [4.78, 5) is 25.3. The van der Waals surface area contributed by atoms with Gasteiger partial charge in [0.2, 0.25) is 5.88 Å². The van der Waals surface area contributed by atoms with Crippen LogP contribution in [0.5, 0.6) is 11.6 Å². The molecule has 80 valence electrons. The standard InChI is InChI=1S/C9H8INO4/c1-5(12)14-7-3-4-11-9(8(7)10)15-6(2)13/h3-4H,1-2H3. The van der Waals surface area contributed by atoms with Gasteiger partial charge in [-0.2, -0.15) is 0 Å². The van der Waals surface area contributed by atoms with Crippen LogP contribution in [0, 0.1) is 3.57 Å². The number of pyridine rings is 1. The number of esters is 2. The average molecular weight is 321 g/mol. The summed E-state index contributed by atoms with van der Waals surface area (Å²) in [6.07, 6.45) is 1.40. The number of hydrogen-bond acceptors (Lipinski definition) is 5. The Labute approximate surface area is 99.9 Å². The minimum atomic E-state index is -0.472. The molecule has 1 rings (SSSR count). The lowest BCUT2D eigenvalue weighted by Gasteiger charge is -2.07. The Balaban J connectivity index is 2.99. The highest BCUT2D eigenvalue weighted by Crippen LogP contribution is 2.27. The van der Waals surface area contributed by atoms with Crippen molar-refractivity contribution in [1.29, 1.82) is 0 Å². The van der Waals surface area contributed by atoms with Gasteiger partial charge in [-0.15, -0.1) is 0 Å². The minimum Gasteiger partial charge on any atom is -0.425 e. The van der Waals surface area contributed by atoms with Crippen LogP contribution in [-0.4, -0.2) is 16.9 Å². The predicted octanol–water partition coefficient (Wildman–Crippen LogP) is 1.54. The lowest BCUT2D eigenvalue weighted by Crippen LogP contribution is -2.07. The topological polar surface area (TPSA) is 65.5 Å². The Bertz CT molecular complexity index is 371.